The zero-order valence-corrected chi connectivity index (χ0v) is 9.43. The lowest BCUT2D eigenvalue weighted by atomic mass is 10.2. The maximum absolute atomic E-state index is 8.97. The first-order valence-electron chi connectivity index (χ1n) is 4.41. The van der Waals surface area contributed by atoms with Crippen molar-refractivity contribution >= 4 is 10.3 Å². The minimum absolute atomic E-state index is 0.0901. The molecule has 0 aliphatic rings. The summed E-state index contributed by atoms with van der Waals surface area (Å²) in [6.07, 6.45) is 0. The van der Waals surface area contributed by atoms with Gasteiger partial charge in [0.2, 0.25) is 0 Å². The van der Waals surface area contributed by atoms with E-state index in [1.807, 2.05) is 30.3 Å². The Morgan fingerprint density at radius 1 is 1.25 bits per heavy atom. The van der Waals surface area contributed by atoms with E-state index < -0.39 is 10.3 Å². The van der Waals surface area contributed by atoms with Crippen LogP contribution in [0, 0.1) is 0 Å². The summed E-state index contributed by atoms with van der Waals surface area (Å²) in [5, 5.41) is 12.3. The van der Waals surface area contributed by atoms with Gasteiger partial charge in [-0.15, -0.1) is 0 Å². The van der Waals surface area contributed by atoms with E-state index in [9.17, 15) is 0 Å². The van der Waals surface area contributed by atoms with Crippen molar-refractivity contribution in [3.8, 4) is 0 Å². The molecule has 1 aromatic rings. The molecule has 0 fully saturated rings. The van der Waals surface area contributed by atoms with Gasteiger partial charge in [0.15, 0.2) is 0 Å². The molecular weight excluding hydrogens is 234 g/mol. The van der Waals surface area contributed by atoms with Gasteiger partial charge >= 0.3 is 10.3 Å². The summed E-state index contributed by atoms with van der Waals surface area (Å²) < 4.78 is 30.3. The third kappa shape index (κ3) is 13.0. The number of rotatable bonds is 4. The first-order chi connectivity index (χ1) is 7.43. The fourth-order valence-corrected chi connectivity index (χ4v) is 0.829. The Labute approximate surface area is 94.5 Å². The van der Waals surface area contributed by atoms with E-state index in [1.54, 1.807) is 0 Å². The predicted molar refractivity (Wildman–Crippen MR) is 58.9 cm³/mol. The molecule has 0 radical (unpaired) electrons. The molecule has 0 aliphatic carbocycles. The van der Waals surface area contributed by atoms with Gasteiger partial charge in [-0.2, -0.15) is 8.42 Å². The van der Waals surface area contributed by atoms with Crippen molar-refractivity contribution in [2.45, 2.75) is 6.61 Å². The Balaban J connectivity index is 0.000000385. The van der Waals surface area contributed by atoms with Crippen molar-refractivity contribution in [3.63, 3.8) is 0 Å². The molecule has 0 saturated carbocycles. The Hall–Kier alpha value is -0.990. The Kier molecular flexibility index (Phi) is 7.69. The summed E-state index contributed by atoms with van der Waals surface area (Å²) in [7, 11) is -4.17. The SMILES string of the molecule is NS(=O)(=O)O.OCCOCc1ccccc1. The lowest BCUT2D eigenvalue weighted by Crippen LogP contribution is -2.08. The molecule has 6 nitrogen and oxygen atoms in total. The maximum atomic E-state index is 8.97. The highest BCUT2D eigenvalue weighted by Crippen LogP contribution is 1.99. The molecule has 0 atom stereocenters. The highest BCUT2D eigenvalue weighted by Gasteiger charge is 1.89. The number of nitrogens with two attached hydrogens (primary N) is 1. The second-order valence-corrected chi connectivity index (χ2v) is 3.81. The van der Waals surface area contributed by atoms with E-state index in [0.717, 1.165) is 5.56 Å². The fraction of sp³-hybridized carbons (Fsp3) is 0.333. The number of ether oxygens (including phenoxy) is 1. The molecule has 0 saturated heterocycles. The first kappa shape index (κ1) is 15.0. The number of benzene rings is 1. The fourth-order valence-electron chi connectivity index (χ4n) is 0.829. The van der Waals surface area contributed by atoms with Crippen molar-refractivity contribution in [2.24, 2.45) is 5.14 Å². The lowest BCUT2D eigenvalue weighted by molar-refractivity contribution is 0.0815. The first-order valence-corrected chi connectivity index (χ1v) is 5.91. The van der Waals surface area contributed by atoms with E-state index in [2.05, 4.69) is 5.14 Å². The standard InChI is InChI=1S/C9H12O2.H3NO3S/c10-6-7-11-8-9-4-2-1-3-5-9;1-5(2,3)4/h1-5,10H,6-8H2;(H3,1,2,3,4). The van der Waals surface area contributed by atoms with Crippen LogP contribution in [0.4, 0.5) is 0 Å². The van der Waals surface area contributed by atoms with Crippen LogP contribution < -0.4 is 5.14 Å². The van der Waals surface area contributed by atoms with Crippen LogP contribution in [-0.4, -0.2) is 31.3 Å². The Bertz CT molecular complexity index is 357. The normalized spacial score (nSPS) is 10.4. The van der Waals surface area contributed by atoms with Crippen LogP contribution in [0.15, 0.2) is 30.3 Å². The highest BCUT2D eigenvalue weighted by molar-refractivity contribution is 7.83. The largest absolute Gasteiger partial charge is 0.394 e. The van der Waals surface area contributed by atoms with Gasteiger partial charge in [0.05, 0.1) is 19.8 Å². The molecule has 4 N–H and O–H groups in total. The van der Waals surface area contributed by atoms with Crippen LogP contribution in [0.2, 0.25) is 0 Å². The minimum atomic E-state index is -4.17. The van der Waals surface area contributed by atoms with E-state index in [-0.39, 0.29) is 6.61 Å². The molecule has 0 spiro atoms. The third-order valence-electron chi connectivity index (χ3n) is 1.35. The van der Waals surface area contributed by atoms with Gasteiger partial charge in [0, 0.05) is 0 Å². The number of hydrogen-bond acceptors (Lipinski definition) is 4. The zero-order chi connectivity index (χ0) is 12.4. The molecule has 1 rings (SSSR count). The molecule has 1 aromatic carbocycles. The molecule has 0 heterocycles. The van der Waals surface area contributed by atoms with Crippen LogP contribution in [0.3, 0.4) is 0 Å². The molecule has 0 amide bonds. The van der Waals surface area contributed by atoms with Crippen LogP contribution in [-0.2, 0) is 21.6 Å². The summed E-state index contributed by atoms with van der Waals surface area (Å²) in [6, 6.07) is 9.90. The van der Waals surface area contributed by atoms with Gasteiger partial charge in [0.1, 0.15) is 0 Å². The summed E-state index contributed by atoms with van der Waals surface area (Å²) >= 11 is 0. The van der Waals surface area contributed by atoms with Crippen molar-refractivity contribution in [2.75, 3.05) is 13.2 Å². The molecule has 0 aromatic heterocycles. The molecule has 7 heteroatoms. The van der Waals surface area contributed by atoms with Crippen molar-refractivity contribution in [1.29, 1.82) is 0 Å². The molecule has 0 bridgehead atoms. The average Bonchev–Trinajstić information content (AvgIpc) is 2.17. The van der Waals surface area contributed by atoms with Crippen LogP contribution in [0.1, 0.15) is 5.56 Å². The summed E-state index contributed by atoms with van der Waals surface area (Å²) in [6.45, 7) is 1.09. The molecule has 92 valence electrons. The summed E-state index contributed by atoms with van der Waals surface area (Å²) in [5.41, 5.74) is 1.14. The molecule has 0 aliphatic heterocycles. The third-order valence-corrected chi connectivity index (χ3v) is 1.35. The van der Waals surface area contributed by atoms with Crippen LogP contribution in [0.5, 0.6) is 0 Å². The van der Waals surface area contributed by atoms with Gasteiger partial charge in [-0.25, -0.2) is 5.14 Å². The van der Waals surface area contributed by atoms with Gasteiger partial charge in [0.25, 0.3) is 0 Å². The van der Waals surface area contributed by atoms with Crippen LogP contribution in [0.25, 0.3) is 0 Å². The molecule has 0 unspecified atom stereocenters. The van der Waals surface area contributed by atoms with Gasteiger partial charge in [-0.1, -0.05) is 30.3 Å². The lowest BCUT2D eigenvalue weighted by Gasteiger charge is -2.00. The monoisotopic (exact) mass is 249 g/mol. The van der Waals surface area contributed by atoms with E-state index in [0.29, 0.717) is 13.2 Å². The van der Waals surface area contributed by atoms with Crippen molar-refractivity contribution < 1.29 is 22.8 Å². The molecular formula is C9H15NO5S. The van der Waals surface area contributed by atoms with Crippen molar-refractivity contribution in [1.82, 2.24) is 0 Å². The predicted octanol–water partition coefficient (Wildman–Crippen LogP) is -0.0566. The Morgan fingerprint density at radius 2 is 1.75 bits per heavy atom. The average molecular weight is 249 g/mol. The van der Waals surface area contributed by atoms with Crippen molar-refractivity contribution in [3.05, 3.63) is 35.9 Å². The zero-order valence-electron chi connectivity index (χ0n) is 8.61. The van der Waals surface area contributed by atoms with E-state index >= 15 is 0 Å². The minimum Gasteiger partial charge on any atom is -0.394 e. The second kappa shape index (κ2) is 8.20. The smallest absolute Gasteiger partial charge is 0.330 e. The number of hydrogen-bond donors (Lipinski definition) is 3. The molecule has 16 heavy (non-hydrogen) atoms. The summed E-state index contributed by atoms with van der Waals surface area (Å²) in [5.74, 6) is 0. The number of aliphatic hydroxyl groups is 1. The van der Waals surface area contributed by atoms with Gasteiger partial charge in [-0.3, -0.25) is 4.55 Å². The summed E-state index contributed by atoms with van der Waals surface area (Å²) in [4.78, 5) is 0. The van der Waals surface area contributed by atoms with Gasteiger partial charge < -0.3 is 9.84 Å². The topological polar surface area (TPSA) is 110 Å². The number of aliphatic hydroxyl groups excluding tert-OH is 1. The van der Waals surface area contributed by atoms with Crippen LogP contribution >= 0.6 is 0 Å². The maximum Gasteiger partial charge on any atom is 0.330 e. The second-order valence-electron chi connectivity index (χ2n) is 2.78. The quantitative estimate of drug-likeness (QED) is 0.511. The van der Waals surface area contributed by atoms with E-state index in [1.165, 1.54) is 0 Å². The van der Waals surface area contributed by atoms with Gasteiger partial charge in [-0.05, 0) is 5.56 Å². The van der Waals surface area contributed by atoms with E-state index in [4.69, 9.17) is 22.8 Å². The Morgan fingerprint density at radius 3 is 2.19 bits per heavy atom. The highest BCUT2D eigenvalue weighted by atomic mass is 32.2.